The summed E-state index contributed by atoms with van der Waals surface area (Å²) in [6.45, 7) is 6.22. The first kappa shape index (κ1) is 22.8. The molecule has 0 bridgehead atoms. The van der Waals surface area contributed by atoms with Crippen LogP contribution in [-0.4, -0.2) is 19.6 Å². The Morgan fingerprint density at radius 1 is 0.680 bits per heavy atom. The molecule has 2 N–H and O–H groups in total. The van der Waals surface area contributed by atoms with Crippen molar-refractivity contribution in [2.75, 3.05) is 19.6 Å². The van der Waals surface area contributed by atoms with E-state index in [0.717, 1.165) is 26.2 Å². The second-order valence-electron chi connectivity index (χ2n) is 6.86. The standard InChI is InChI=1S/C21H36Cl2N2/c1-2-3-4-5-6-7-8-9-10-11-14-24-15-16-25-18-19-12-13-20(22)21(23)17-19/h12-13,17,24-25H,2-11,14-16,18H2,1H3. The molecule has 25 heavy (non-hydrogen) atoms. The van der Waals surface area contributed by atoms with Gasteiger partial charge in [0.05, 0.1) is 10.0 Å². The van der Waals surface area contributed by atoms with Gasteiger partial charge in [-0.2, -0.15) is 0 Å². The van der Waals surface area contributed by atoms with Crippen molar-refractivity contribution < 1.29 is 0 Å². The van der Waals surface area contributed by atoms with Gasteiger partial charge in [-0.15, -0.1) is 0 Å². The number of benzene rings is 1. The maximum atomic E-state index is 6.01. The number of halogens is 2. The summed E-state index contributed by atoms with van der Waals surface area (Å²) in [7, 11) is 0. The molecule has 0 heterocycles. The molecule has 0 aliphatic carbocycles. The number of hydrogen-bond donors (Lipinski definition) is 2. The lowest BCUT2D eigenvalue weighted by atomic mass is 10.1. The van der Waals surface area contributed by atoms with Crippen LogP contribution in [-0.2, 0) is 6.54 Å². The Hall–Kier alpha value is -0.280. The van der Waals surface area contributed by atoms with E-state index in [1.807, 2.05) is 18.2 Å². The second kappa shape index (κ2) is 15.9. The van der Waals surface area contributed by atoms with Gasteiger partial charge in [0.25, 0.3) is 0 Å². The highest BCUT2D eigenvalue weighted by molar-refractivity contribution is 6.42. The maximum absolute atomic E-state index is 6.01. The first-order valence-corrected chi connectivity index (χ1v) is 10.8. The molecule has 1 aromatic rings. The zero-order valence-corrected chi connectivity index (χ0v) is 17.4. The van der Waals surface area contributed by atoms with Crippen molar-refractivity contribution in [2.24, 2.45) is 0 Å². The van der Waals surface area contributed by atoms with Crippen LogP contribution in [0.25, 0.3) is 0 Å². The smallest absolute Gasteiger partial charge is 0.0595 e. The van der Waals surface area contributed by atoms with E-state index in [1.54, 1.807) is 0 Å². The average molecular weight is 387 g/mol. The third-order valence-corrected chi connectivity index (χ3v) is 5.24. The molecular weight excluding hydrogens is 351 g/mol. The van der Waals surface area contributed by atoms with E-state index in [1.165, 1.54) is 69.8 Å². The summed E-state index contributed by atoms with van der Waals surface area (Å²) in [6.07, 6.45) is 13.9. The van der Waals surface area contributed by atoms with E-state index >= 15 is 0 Å². The fraction of sp³-hybridized carbons (Fsp3) is 0.714. The van der Waals surface area contributed by atoms with E-state index in [-0.39, 0.29) is 0 Å². The Morgan fingerprint density at radius 3 is 1.92 bits per heavy atom. The Labute approximate surface area is 165 Å². The molecule has 0 aliphatic heterocycles. The normalized spacial score (nSPS) is 11.2. The molecule has 0 radical (unpaired) electrons. The Balaban J connectivity index is 1.81. The molecule has 0 unspecified atom stereocenters. The fourth-order valence-electron chi connectivity index (χ4n) is 2.92. The number of unbranched alkanes of at least 4 members (excludes halogenated alkanes) is 9. The molecule has 0 amide bonds. The summed E-state index contributed by atoms with van der Waals surface area (Å²) in [5.74, 6) is 0. The van der Waals surface area contributed by atoms with Crippen molar-refractivity contribution in [3.05, 3.63) is 33.8 Å². The van der Waals surface area contributed by atoms with Gasteiger partial charge in [-0.05, 0) is 30.7 Å². The van der Waals surface area contributed by atoms with Gasteiger partial charge in [0, 0.05) is 19.6 Å². The van der Waals surface area contributed by atoms with Crippen LogP contribution in [0.1, 0.15) is 76.7 Å². The maximum Gasteiger partial charge on any atom is 0.0595 e. The zero-order valence-electron chi connectivity index (χ0n) is 15.9. The van der Waals surface area contributed by atoms with Crippen molar-refractivity contribution in [1.29, 1.82) is 0 Å². The van der Waals surface area contributed by atoms with Gasteiger partial charge in [-0.1, -0.05) is 94.0 Å². The minimum absolute atomic E-state index is 0.614. The van der Waals surface area contributed by atoms with Gasteiger partial charge in [-0.3, -0.25) is 0 Å². The highest BCUT2D eigenvalue weighted by Crippen LogP contribution is 2.22. The van der Waals surface area contributed by atoms with Crippen LogP contribution in [0.5, 0.6) is 0 Å². The highest BCUT2D eigenvalue weighted by Gasteiger charge is 1.99. The summed E-state index contributed by atoms with van der Waals surface area (Å²) < 4.78 is 0. The lowest BCUT2D eigenvalue weighted by Gasteiger charge is -2.08. The Bertz CT molecular complexity index is 438. The van der Waals surface area contributed by atoms with Gasteiger partial charge in [0.1, 0.15) is 0 Å². The molecule has 0 atom stereocenters. The van der Waals surface area contributed by atoms with Crippen molar-refractivity contribution in [3.8, 4) is 0 Å². The predicted octanol–water partition coefficient (Wildman–Crippen LogP) is 6.59. The van der Waals surface area contributed by atoms with Crippen LogP contribution in [0.15, 0.2) is 18.2 Å². The summed E-state index contributed by atoms with van der Waals surface area (Å²) in [6, 6.07) is 5.79. The zero-order chi connectivity index (χ0) is 18.2. The summed E-state index contributed by atoms with van der Waals surface area (Å²) in [4.78, 5) is 0. The SMILES string of the molecule is CCCCCCCCCCCCNCCNCc1ccc(Cl)c(Cl)c1. The summed E-state index contributed by atoms with van der Waals surface area (Å²) >= 11 is 11.9. The van der Waals surface area contributed by atoms with E-state index in [0.29, 0.717) is 10.0 Å². The van der Waals surface area contributed by atoms with Crippen molar-refractivity contribution in [3.63, 3.8) is 0 Å². The first-order chi connectivity index (χ1) is 12.2. The number of rotatable bonds is 16. The number of nitrogens with one attached hydrogen (secondary N) is 2. The fourth-order valence-corrected chi connectivity index (χ4v) is 3.24. The molecule has 1 aromatic carbocycles. The van der Waals surface area contributed by atoms with E-state index < -0.39 is 0 Å². The van der Waals surface area contributed by atoms with Gasteiger partial charge < -0.3 is 10.6 Å². The van der Waals surface area contributed by atoms with E-state index in [4.69, 9.17) is 23.2 Å². The largest absolute Gasteiger partial charge is 0.315 e. The van der Waals surface area contributed by atoms with Crippen LogP contribution >= 0.6 is 23.2 Å². The molecule has 4 heteroatoms. The lowest BCUT2D eigenvalue weighted by molar-refractivity contribution is 0.538. The van der Waals surface area contributed by atoms with Crippen LogP contribution in [0, 0.1) is 0 Å². The molecule has 0 aromatic heterocycles. The minimum Gasteiger partial charge on any atom is -0.315 e. The third kappa shape index (κ3) is 12.7. The molecule has 0 spiro atoms. The first-order valence-electron chi connectivity index (χ1n) is 10.1. The molecule has 1 rings (SSSR count). The van der Waals surface area contributed by atoms with E-state index in [9.17, 15) is 0 Å². The molecule has 0 saturated heterocycles. The molecular formula is C21H36Cl2N2. The molecule has 0 fully saturated rings. The van der Waals surface area contributed by atoms with Crippen LogP contribution in [0.4, 0.5) is 0 Å². The second-order valence-corrected chi connectivity index (χ2v) is 7.67. The monoisotopic (exact) mass is 386 g/mol. The van der Waals surface area contributed by atoms with Gasteiger partial charge in [0.15, 0.2) is 0 Å². The number of hydrogen-bond acceptors (Lipinski definition) is 2. The third-order valence-electron chi connectivity index (χ3n) is 4.50. The lowest BCUT2D eigenvalue weighted by Crippen LogP contribution is -2.27. The van der Waals surface area contributed by atoms with Crippen LogP contribution in [0.2, 0.25) is 10.0 Å². The van der Waals surface area contributed by atoms with Gasteiger partial charge in [0.2, 0.25) is 0 Å². The summed E-state index contributed by atoms with van der Waals surface area (Å²) in [5, 5.41) is 8.17. The van der Waals surface area contributed by atoms with Crippen LogP contribution < -0.4 is 10.6 Å². The summed E-state index contributed by atoms with van der Waals surface area (Å²) in [5.41, 5.74) is 1.17. The molecule has 144 valence electrons. The van der Waals surface area contributed by atoms with Crippen molar-refractivity contribution >= 4 is 23.2 Å². The molecule has 2 nitrogen and oxygen atoms in total. The highest BCUT2D eigenvalue weighted by atomic mass is 35.5. The average Bonchev–Trinajstić information content (AvgIpc) is 2.61. The van der Waals surface area contributed by atoms with E-state index in [2.05, 4.69) is 17.6 Å². The topological polar surface area (TPSA) is 24.1 Å². The predicted molar refractivity (Wildman–Crippen MR) is 113 cm³/mol. The minimum atomic E-state index is 0.614. The molecule has 0 saturated carbocycles. The van der Waals surface area contributed by atoms with Crippen LogP contribution in [0.3, 0.4) is 0 Å². The molecule has 0 aliphatic rings. The quantitative estimate of drug-likeness (QED) is 0.313. The Morgan fingerprint density at radius 2 is 1.28 bits per heavy atom. The Kier molecular flexibility index (Phi) is 14.5. The van der Waals surface area contributed by atoms with Gasteiger partial charge in [-0.25, -0.2) is 0 Å². The van der Waals surface area contributed by atoms with Crippen molar-refractivity contribution in [2.45, 2.75) is 77.7 Å². The van der Waals surface area contributed by atoms with Gasteiger partial charge >= 0.3 is 0 Å². The van der Waals surface area contributed by atoms with Crippen molar-refractivity contribution in [1.82, 2.24) is 10.6 Å².